The molecular weight excluding hydrogens is 316 g/mol. The van der Waals surface area contributed by atoms with Crippen LogP contribution in [0.1, 0.15) is 27.4 Å². The zero-order chi connectivity index (χ0) is 14.1. The molecule has 3 nitrogen and oxygen atoms in total. The number of fused-ring (bicyclic) bond motifs is 1. The molecule has 3 N–H and O–H groups in total. The van der Waals surface area contributed by atoms with Gasteiger partial charge in [-0.3, -0.25) is 4.79 Å². The third-order valence-electron chi connectivity index (χ3n) is 3.73. The highest BCUT2D eigenvalue weighted by atomic mass is 79.9. The minimum atomic E-state index is -0.117. The number of nitrogen functional groups attached to an aromatic ring is 1. The second-order valence-electron chi connectivity index (χ2n) is 5.04. The highest BCUT2D eigenvalue weighted by Gasteiger charge is 2.25. The lowest BCUT2D eigenvalue weighted by Crippen LogP contribution is -2.33. The monoisotopic (exact) mass is 330 g/mol. The van der Waals surface area contributed by atoms with Gasteiger partial charge >= 0.3 is 0 Å². The van der Waals surface area contributed by atoms with Gasteiger partial charge in [0.25, 0.3) is 5.91 Å². The van der Waals surface area contributed by atoms with Crippen LogP contribution in [0.2, 0.25) is 0 Å². The van der Waals surface area contributed by atoms with Crippen LogP contribution >= 0.6 is 15.9 Å². The highest BCUT2D eigenvalue weighted by Crippen LogP contribution is 2.34. The Kier molecular flexibility index (Phi) is 3.49. The molecule has 0 saturated heterocycles. The second-order valence-corrected chi connectivity index (χ2v) is 5.96. The summed E-state index contributed by atoms with van der Waals surface area (Å²) < 4.78 is 0.853. The fraction of sp³-hybridized carbons (Fsp3) is 0.188. The molecule has 2 aromatic rings. The standard InChI is InChI=1S/C16H15BrN2O/c17-12-5-6-15(18)14(8-12)16(20)19-9-11-7-10-3-1-2-4-13(10)11/h1-6,8,11H,7,9,18H2,(H,19,20). The molecule has 3 rings (SSSR count). The summed E-state index contributed by atoms with van der Waals surface area (Å²) >= 11 is 3.36. The number of rotatable bonds is 3. The van der Waals surface area contributed by atoms with Gasteiger partial charge in [-0.15, -0.1) is 0 Å². The molecule has 20 heavy (non-hydrogen) atoms. The zero-order valence-electron chi connectivity index (χ0n) is 10.9. The number of anilines is 1. The van der Waals surface area contributed by atoms with E-state index in [1.54, 1.807) is 12.1 Å². The van der Waals surface area contributed by atoms with E-state index >= 15 is 0 Å². The van der Waals surface area contributed by atoms with E-state index in [0.29, 0.717) is 23.7 Å². The van der Waals surface area contributed by atoms with Crippen molar-refractivity contribution in [3.05, 3.63) is 63.6 Å². The fourth-order valence-corrected chi connectivity index (χ4v) is 2.94. The van der Waals surface area contributed by atoms with Crippen molar-refractivity contribution in [1.29, 1.82) is 0 Å². The Morgan fingerprint density at radius 1 is 1.30 bits per heavy atom. The number of nitrogens with one attached hydrogen (secondary N) is 1. The number of halogens is 1. The van der Waals surface area contributed by atoms with E-state index in [4.69, 9.17) is 5.73 Å². The first kappa shape index (κ1) is 13.2. The highest BCUT2D eigenvalue weighted by molar-refractivity contribution is 9.10. The topological polar surface area (TPSA) is 55.1 Å². The van der Waals surface area contributed by atoms with Gasteiger partial charge in [0.15, 0.2) is 0 Å². The zero-order valence-corrected chi connectivity index (χ0v) is 12.5. The first-order chi connectivity index (χ1) is 9.65. The molecule has 1 aliphatic rings. The number of carbonyl (C=O) groups excluding carboxylic acids is 1. The normalized spacial score (nSPS) is 16.1. The van der Waals surface area contributed by atoms with Crippen LogP contribution in [0, 0.1) is 0 Å². The summed E-state index contributed by atoms with van der Waals surface area (Å²) in [5.41, 5.74) is 9.58. The molecule has 2 aromatic carbocycles. The molecule has 0 radical (unpaired) electrons. The summed E-state index contributed by atoms with van der Waals surface area (Å²) in [6.45, 7) is 0.655. The van der Waals surface area contributed by atoms with Crippen LogP contribution in [0.5, 0.6) is 0 Å². The molecule has 0 aromatic heterocycles. The van der Waals surface area contributed by atoms with Crippen molar-refractivity contribution >= 4 is 27.5 Å². The number of hydrogen-bond donors (Lipinski definition) is 2. The van der Waals surface area contributed by atoms with Crippen molar-refractivity contribution in [3.63, 3.8) is 0 Å². The summed E-state index contributed by atoms with van der Waals surface area (Å²) in [6.07, 6.45) is 1.03. The molecule has 1 unspecified atom stereocenters. The number of nitrogens with two attached hydrogens (primary N) is 1. The van der Waals surface area contributed by atoms with Crippen LogP contribution in [0.25, 0.3) is 0 Å². The summed E-state index contributed by atoms with van der Waals surface area (Å²) in [5.74, 6) is 0.303. The lowest BCUT2D eigenvalue weighted by molar-refractivity contribution is 0.0951. The molecule has 1 atom stereocenters. The van der Waals surface area contributed by atoms with Crippen LogP contribution < -0.4 is 11.1 Å². The van der Waals surface area contributed by atoms with Gasteiger partial charge in [0.2, 0.25) is 0 Å². The average molecular weight is 331 g/mol. The van der Waals surface area contributed by atoms with E-state index < -0.39 is 0 Å². The maximum atomic E-state index is 12.2. The number of carbonyl (C=O) groups is 1. The largest absolute Gasteiger partial charge is 0.398 e. The van der Waals surface area contributed by atoms with Crippen molar-refractivity contribution in [1.82, 2.24) is 5.32 Å². The third-order valence-corrected chi connectivity index (χ3v) is 4.22. The Morgan fingerprint density at radius 3 is 2.90 bits per heavy atom. The van der Waals surface area contributed by atoms with Crippen LogP contribution in [-0.2, 0) is 6.42 Å². The molecule has 0 heterocycles. The summed E-state index contributed by atoms with van der Waals surface area (Å²) in [5, 5.41) is 2.97. The van der Waals surface area contributed by atoms with E-state index in [-0.39, 0.29) is 5.91 Å². The second kappa shape index (κ2) is 5.29. The smallest absolute Gasteiger partial charge is 0.253 e. The Labute approximate surface area is 126 Å². The lowest BCUT2D eigenvalue weighted by Gasteiger charge is -2.30. The third kappa shape index (κ3) is 2.43. The van der Waals surface area contributed by atoms with Gasteiger partial charge in [-0.05, 0) is 35.7 Å². The predicted octanol–water partition coefficient (Wildman–Crippen LogP) is 3.10. The molecule has 0 bridgehead atoms. The average Bonchev–Trinajstić information content (AvgIpc) is 2.42. The van der Waals surface area contributed by atoms with Crippen molar-refractivity contribution in [2.75, 3.05) is 12.3 Å². The molecule has 4 heteroatoms. The quantitative estimate of drug-likeness (QED) is 0.849. The van der Waals surface area contributed by atoms with E-state index in [9.17, 15) is 4.79 Å². The Morgan fingerprint density at radius 2 is 2.10 bits per heavy atom. The minimum Gasteiger partial charge on any atom is -0.398 e. The van der Waals surface area contributed by atoms with Gasteiger partial charge in [-0.2, -0.15) is 0 Å². The van der Waals surface area contributed by atoms with E-state index in [0.717, 1.165) is 10.9 Å². The molecule has 0 saturated carbocycles. The van der Waals surface area contributed by atoms with Crippen molar-refractivity contribution in [2.45, 2.75) is 12.3 Å². The van der Waals surface area contributed by atoms with Crippen molar-refractivity contribution in [2.24, 2.45) is 0 Å². The lowest BCUT2D eigenvalue weighted by atomic mass is 9.77. The molecule has 1 aliphatic carbocycles. The maximum Gasteiger partial charge on any atom is 0.253 e. The van der Waals surface area contributed by atoms with Gasteiger partial charge in [-0.25, -0.2) is 0 Å². The summed E-state index contributed by atoms with van der Waals surface area (Å²) in [4.78, 5) is 12.2. The SMILES string of the molecule is Nc1ccc(Br)cc1C(=O)NCC1Cc2ccccc21. The number of hydrogen-bond acceptors (Lipinski definition) is 2. The molecule has 102 valence electrons. The minimum absolute atomic E-state index is 0.117. The molecular formula is C16H15BrN2O. The molecule has 0 spiro atoms. The predicted molar refractivity (Wildman–Crippen MR) is 83.8 cm³/mol. The van der Waals surface area contributed by atoms with E-state index in [2.05, 4.69) is 39.4 Å². The van der Waals surface area contributed by atoms with Gasteiger partial charge in [0.05, 0.1) is 5.56 Å². The van der Waals surface area contributed by atoms with E-state index in [1.807, 2.05) is 12.1 Å². The van der Waals surface area contributed by atoms with Gasteiger partial charge in [-0.1, -0.05) is 40.2 Å². The number of amides is 1. The first-order valence-electron chi connectivity index (χ1n) is 6.56. The van der Waals surface area contributed by atoms with Crippen LogP contribution in [0.15, 0.2) is 46.9 Å². The first-order valence-corrected chi connectivity index (χ1v) is 7.35. The van der Waals surface area contributed by atoms with Gasteiger partial charge in [0, 0.05) is 22.6 Å². The fourth-order valence-electron chi connectivity index (χ4n) is 2.58. The van der Waals surface area contributed by atoms with Crippen LogP contribution in [0.4, 0.5) is 5.69 Å². The van der Waals surface area contributed by atoms with E-state index in [1.165, 1.54) is 11.1 Å². The van der Waals surface area contributed by atoms with Crippen molar-refractivity contribution < 1.29 is 4.79 Å². The molecule has 1 amide bonds. The Balaban J connectivity index is 1.65. The maximum absolute atomic E-state index is 12.2. The summed E-state index contributed by atoms with van der Waals surface area (Å²) in [7, 11) is 0. The van der Waals surface area contributed by atoms with Gasteiger partial charge < -0.3 is 11.1 Å². The molecule has 0 fully saturated rings. The Bertz CT molecular complexity index is 669. The Hall–Kier alpha value is -1.81. The van der Waals surface area contributed by atoms with Gasteiger partial charge in [0.1, 0.15) is 0 Å². The number of benzene rings is 2. The summed E-state index contributed by atoms with van der Waals surface area (Å²) in [6, 6.07) is 13.7. The van der Waals surface area contributed by atoms with Crippen molar-refractivity contribution in [3.8, 4) is 0 Å². The molecule has 0 aliphatic heterocycles. The van der Waals surface area contributed by atoms with Crippen LogP contribution in [-0.4, -0.2) is 12.5 Å². The van der Waals surface area contributed by atoms with Crippen LogP contribution in [0.3, 0.4) is 0 Å².